The molecule has 0 radical (unpaired) electrons. The highest BCUT2D eigenvalue weighted by atomic mass is 19.1. The predicted molar refractivity (Wildman–Crippen MR) is 41.7 cm³/mol. The fourth-order valence-corrected chi connectivity index (χ4v) is 1.02. The molecule has 1 aromatic carbocycles. The van der Waals surface area contributed by atoms with E-state index in [-0.39, 0.29) is 5.82 Å². The lowest BCUT2D eigenvalue weighted by atomic mass is 10.2. The van der Waals surface area contributed by atoms with E-state index in [4.69, 9.17) is 4.52 Å². The van der Waals surface area contributed by atoms with Crippen LogP contribution in [0.1, 0.15) is 0 Å². The van der Waals surface area contributed by atoms with E-state index >= 15 is 0 Å². The number of isocyanates is 1. The maximum Gasteiger partial charge on any atom is 0.242 e. The summed E-state index contributed by atoms with van der Waals surface area (Å²) in [7, 11) is 0. The Balaban J connectivity index is 2.78. The third-order valence-corrected chi connectivity index (χ3v) is 1.56. The van der Waals surface area contributed by atoms with Crippen LogP contribution in [0.3, 0.4) is 0 Å². The summed E-state index contributed by atoms with van der Waals surface area (Å²) in [5.41, 5.74) is 0.385. The number of aromatic nitrogens is 1. The van der Waals surface area contributed by atoms with E-state index in [1.807, 2.05) is 0 Å². The molecule has 0 saturated carbocycles. The van der Waals surface area contributed by atoms with Crippen molar-refractivity contribution in [1.29, 1.82) is 0 Å². The van der Waals surface area contributed by atoms with Crippen LogP contribution in [0.4, 0.5) is 10.2 Å². The molecule has 0 atom stereocenters. The maximum atomic E-state index is 12.7. The Morgan fingerprint density at radius 1 is 1.54 bits per heavy atom. The van der Waals surface area contributed by atoms with E-state index in [1.165, 1.54) is 24.3 Å². The van der Waals surface area contributed by atoms with Gasteiger partial charge in [0, 0.05) is 0 Å². The van der Waals surface area contributed by atoms with E-state index in [1.54, 1.807) is 0 Å². The highest BCUT2D eigenvalue weighted by molar-refractivity contribution is 5.87. The lowest BCUT2D eigenvalue weighted by Crippen LogP contribution is -1.70. The van der Waals surface area contributed by atoms with E-state index in [0.717, 1.165) is 0 Å². The fourth-order valence-electron chi connectivity index (χ4n) is 1.02. The molecular weight excluding hydrogens is 175 g/mol. The molecule has 2 rings (SSSR count). The highest BCUT2D eigenvalue weighted by Gasteiger charge is 2.07. The van der Waals surface area contributed by atoms with Gasteiger partial charge in [-0.1, -0.05) is 5.16 Å². The van der Waals surface area contributed by atoms with Gasteiger partial charge in [-0.15, -0.1) is 4.99 Å². The van der Waals surface area contributed by atoms with Crippen LogP contribution in [-0.4, -0.2) is 11.2 Å². The van der Waals surface area contributed by atoms with Crippen LogP contribution in [0.25, 0.3) is 11.0 Å². The van der Waals surface area contributed by atoms with Gasteiger partial charge in [0.25, 0.3) is 0 Å². The van der Waals surface area contributed by atoms with Crippen molar-refractivity contribution >= 4 is 22.9 Å². The zero-order chi connectivity index (χ0) is 9.26. The number of halogens is 1. The highest BCUT2D eigenvalue weighted by Crippen LogP contribution is 2.24. The molecule has 0 unspecified atom stereocenters. The second-order valence-corrected chi connectivity index (χ2v) is 2.35. The Morgan fingerprint density at radius 3 is 3.15 bits per heavy atom. The fraction of sp³-hybridized carbons (Fsp3) is 0. The Hall–Kier alpha value is -2.00. The number of aliphatic imine (C=N–C) groups is 1. The summed E-state index contributed by atoms with van der Waals surface area (Å²) in [4.78, 5) is 13.2. The van der Waals surface area contributed by atoms with E-state index in [0.29, 0.717) is 11.0 Å². The molecule has 1 aromatic heterocycles. The third-order valence-electron chi connectivity index (χ3n) is 1.56. The topological polar surface area (TPSA) is 55.5 Å². The van der Waals surface area contributed by atoms with Crippen molar-refractivity contribution in [3.63, 3.8) is 0 Å². The van der Waals surface area contributed by atoms with Crippen LogP contribution in [-0.2, 0) is 4.79 Å². The standard InChI is InChI=1S/C8H3FN2O2/c9-5-1-2-7-6(3-5)8(10-4-12)11-13-7/h1-3H. The minimum atomic E-state index is -0.432. The van der Waals surface area contributed by atoms with Gasteiger partial charge in [-0.05, 0) is 18.2 Å². The number of nitrogens with zero attached hydrogens (tertiary/aromatic N) is 2. The zero-order valence-corrected chi connectivity index (χ0v) is 6.32. The minimum absolute atomic E-state index is 0.0458. The Labute approximate surface area is 71.7 Å². The zero-order valence-electron chi connectivity index (χ0n) is 6.32. The monoisotopic (exact) mass is 178 g/mol. The van der Waals surface area contributed by atoms with Gasteiger partial charge < -0.3 is 4.52 Å². The molecule has 0 aliphatic heterocycles. The molecular formula is C8H3FN2O2. The quantitative estimate of drug-likeness (QED) is 0.495. The summed E-state index contributed by atoms with van der Waals surface area (Å²) in [6.07, 6.45) is 1.31. The molecule has 0 fully saturated rings. The maximum absolute atomic E-state index is 12.7. The van der Waals surface area contributed by atoms with Crippen LogP contribution >= 0.6 is 0 Å². The van der Waals surface area contributed by atoms with Crippen LogP contribution in [0.2, 0.25) is 0 Å². The van der Waals surface area contributed by atoms with Gasteiger partial charge in [-0.25, -0.2) is 9.18 Å². The molecule has 0 bridgehead atoms. The Bertz CT molecular complexity index is 500. The van der Waals surface area contributed by atoms with Crippen molar-refractivity contribution in [2.75, 3.05) is 0 Å². The molecule has 5 heteroatoms. The van der Waals surface area contributed by atoms with Crippen molar-refractivity contribution in [1.82, 2.24) is 5.16 Å². The predicted octanol–water partition coefficient (Wildman–Crippen LogP) is 1.93. The number of carbonyl (C=O) groups excluding carboxylic acids is 1. The van der Waals surface area contributed by atoms with E-state index in [9.17, 15) is 9.18 Å². The smallest absolute Gasteiger partial charge is 0.242 e. The molecule has 4 nitrogen and oxygen atoms in total. The van der Waals surface area contributed by atoms with Crippen molar-refractivity contribution < 1.29 is 13.7 Å². The molecule has 13 heavy (non-hydrogen) atoms. The molecule has 0 amide bonds. The first-order valence-corrected chi connectivity index (χ1v) is 3.44. The normalized spacial score (nSPS) is 9.92. The first-order valence-electron chi connectivity index (χ1n) is 3.44. The number of fused-ring (bicyclic) bond motifs is 1. The molecule has 0 aliphatic rings. The van der Waals surface area contributed by atoms with Gasteiger partial charge in [0.2, 0.25) is 11.9 Å². The number of hydrogen-bond acceptors (Lipinski definition) is 4. The van der Waals surface area contributed by atoms with Crippen LogP contribution < -0.4 is 0 Å². The van der Waals surface area contributed by atoms with Gasteiger partial charge in [0.15, 0.2) is 5.58 Å². The Morgan fingerprint density at radius 2 is 2.38 bits per heavy atom. The van der Waals surface area contributed by atoms with Gasteiger partial charge in [-0.3, -0.25) is 0 Å². The van der Waals surface area contributed by atoms with Gasteiger partial charge in [0.05, 0.1) is 5.39 Å². The molecule has 2 aromatic rings. The molecule has 0 spiro atoms. The lowest BCUT2D eigenvalue weighted by molar-refractivity contribution is 0.458. The summed E-state index contributed by atoms with van der Waals surface area (Å²) in [5.74, 6) is -0.387. The first kappa shape index (κ1) is 7.64. The van der Waals surface area contributed by atoms with E-state index < -0.39 is 5.82 Å². The van der Waals surface area contributed by atoms with Crippen molar-refractivity contribution in [2.24, 2.45) is 4.99 Å². The lowest BCUT2D eigenvalue weighted by Gasteiger charge is -1.86. The number of benzene rings is 1. The van der Waals surface area contributed by atoms with Gasteiger partial charge >= 0.3 is 0 Å². The first-order chi connectivity index (χ1) is 6.31. The van der Waals surface area contributed by atoms with E-state index in [2.05, 4.69) is 10.1 Å². The van der Waals surface area contributed by atoms with Gasteiger partial charge in [-0.2, -0.15) is 0 Å². The van der Waals surface area contributed by atoms with Crippen LogP contribution in [0.5, 0.6) is 0 Å². The number of hydrogen-bond donors (Lipinski definition) is 0. The summed E-state index contributed by atoms with van der Waals surface area (Å²) in [5, 5.41) is 3.82. The summed E-state index contributed by atoms with van der Waals surface area (Å²) in [6.45, 7) is 0. The average Bonchev–Trinajstić information content (AvgIpc) is 2.49. The molecule has 0 saturated heterocycles. The summed E-state index contributed by atoms with van der Waals surface area (Å²) < 4.78 is 17.5. The molecule has 0 N–H and O–H groups in total. The molecule has 1 heterocycles. The summed E-state index contributed by atoms with van der Waals surface area (Å²) >= 11 is 0. The minimum Gasteiger partial charge on any atom is -0.354 e. The second-order valence-electron chi connectivity index (χ2n) is 2.35. The largest absolute Gasteiger partial charge is 0.354 e. The Kier molecular flexibility index (Phi) is 1.65. The summed E-state index contributed by atoms with van der Waals surface area (Å²) in [6, 6.07) is 3.85. The SMILES string of the molecule is O=C=Nc1noc2ccc(F)cc12. The van der Waals surface area contributed by atoms with Crippen LogP contribution in [0.15, 0.2) is 27.7 Å². The second kappa shape index (κ2) is 2.80. The molecule has 64 valence electrons. The van der Waals surface area contributed by atoms with Crippen LogP contribution in [0, 0.1) is 5.82 Å². The average molecular weight is 178 g/mol. The van der Waals surface area contributed by atoms with Crippen molar-refractivity contribution in [2.45, 2.75) is 0 Å². The van der Waals surface area contributed by atoms with Gasteiger partial charge in [0.1, 0.15) is 5.82 Å². The molecule has 0 aliphatic carbocycles. The van der Waals surface area contributed by atoms with Crippen molar-refractivity contribution in [3.8, 4) is 0 Å². The third kappa shape index (κ3) is 1.21. The van der Waals surface area contributed by atoms with Crippen molar-refractivity contribution in [3.05, 3.63) is 24.0 Å². The number of rotatable bonds is 1.